The van der Waals surface area contributed by atoms with Crippen LogP contribution < -0.4 is 5.73 Å². The SMILES string of the molecule is Cc1c(Cc2ccccc2Br)nc(CCN)n1C. The average molecular weight is 308 g/mol. The van der Waals surface area contributed by atoms with Crippen molar-refractivity contribution in [3.05, 3.63) is 51.5 Å². The first-order valence-corrected chi connectivity index (χ1v) is 6.87. The van der Waals surface area contributed by atoms with Crippen LogP contribution in [0.15, 0.2) is 28.7 Å². The topological polar surface area (TPSA) is 43.8 Å². The second-order valence-corrected chi connectivity index (χ2v) is 5.28. The van der Waals surface area contributed by atoms with Crippen LogP contribution in [0.25, 0.3) is 0 Å². The molecular formula is C14H18BrN3. The van der Waals surface area contributed by atoms with E-state index in [1.54, 1.807) is 0 Å². The lowest BCUT2D eigenvalue weighted by atomic mass is 10.1. The van der Waals surface area contributed by atoms with E-state index in [1.807, 2.05) is 6.07 Å². The number of halogens is 1. The van der Waals surface area contributed by atoms with Crippen LogP contribution in [-0.4, -0.2) is 16.1 Å². The largest absolute Gasteiger partial charge is 0.335 e. The van der Waals surface area contributed by atoms with E-state index in [0.717, 1.165) is 28.8 Å². The fourth-order valence-corrected chi connectivity index (χ4v) is 2.47. The lowest BCUT2D eigenvalue weighted by molar-refractivity contribution is 0.761. The lowest BCUT2D eigenvalue weighted by Gasteiger charge is -2.03. The van der Waals surface area contributed by atoms with Crippen molar-refractivity contribution in [3.8, 4) is 0 Å². The van der Waals surface area contributed by atoms with Crippen LogP contribution >= 0.6 is 15.9 Å². The quantitative estimate of drug-likeness (QED) is 0.943. The first-order chi connectivity index (χ1) is 8.63. The summed E-state index contributed by atoms with van der Waals surface area (Å²) in [6.45, 7) is 2.75. The van der Waals surface area contributed by atoms with E-state index in [9.17, 15) is 0 Å². The van der Waals surface area contributed by atoms with Crippen molar-refractivity contribution in [2.75, 3.05) is 6.54 Å². The highest BCUT2D eigenvalue weighted by Gasteiger charge is 2.11. The van der Waals surface area contributed by atoms with Gasteiger partial charge in [-0.25, -0.2) is 4.98 Å². The van der Waals surface area contributed by atoms with Gasteiger partial charge in [-0.15, -0.1) is 0 Å². The normalized spacial score (nSPS) is 10.9. The Hall–Kier alpha value is -1.13. The van der Waals surface area contributed by atoms with Crippen molar-refractivity contribution in [1.82, 2.24) is 9.55 Å². The molecule has 0 saturated carbocycles. The van der Waals surface area contributed by atoms with Gasteiger partial charge in [0.2, 0.25) is 0 Å². The fraction of sp³-hybridized carbons (Fsp3) is 0.357. The van der Waals surface area contributed by atoms with Crippen LogP contribution in [0.5, 0.6) is 0 Å². The summed E-state index contributed by atoms with van der Waals surface area (Å²) in [6, 6.07) is 8.27. The number of hydrogen-bond acceptors (Lipinski definition) is 2. The summed E-state index contributed by atoms with van der Waals surface area (Å²) >= 11 is 3.58. The van der Waals surface area contributed by atoms with E-state index < -0.39 is 0 Å². The molecule has 0 aliphatic heterocycles. The minimum atomic E-state index is 0.638. The molecular weight excluding hydrogens is 290 g/mol. The maximum atomic E-state index is 5.60. The van der Waals surface area contributed by atoms with Gasteiger partial charge in [0.25, 0.3) is 0 Å². The lowest BCUT2D eigenvalue weighted by Crippen LogP contribution is -2.08. The fourth-order valence-electron chi connectivity index (χ4n) is 2.04. The van der Waals surface area contributed by atoms with Gasteiger partial charge in [-0.1, -0.05) is 34.1 Å². The number of hydrogen-bond donors (Lipinski definition) is 1. The molecule has 0 radical (unpaired) electrons. The summed E-state index contributed by atoms with van der Waals surface area (Å²) in [7, 11) is 2.05. The number of aromatic nitrogens is 2. The molecule has 0 saturated heterocycles. The van der Waals surface area contributed by atoms with Crippen molar-refractivity contribution in [3.63, 3.8) is 0 Å². The molecule has 0 bridgehead atoms. The molecule has 2 aromatic rings. The third-order valence-electron chi connectivity index (χ3n) is 3.26. The molecule has 2 N–H and O–H groups in total. The van der Waals surface area contributed by atoms with Crippen LogP contribution in [0.1, 0.15) is 22.8 Å². The Morgan fingerprint density at radius 2 is 2.06 bits per heavy atom. The Morgan fingerprint density at radius 1 is 1.33 bits per heavy atom. The minimum Gasteiger partial charge on any atom is -0.335 e. The zero-order valence-corrected chi connectivity index (χ0v) is 12.4. The second-order valence-electron chi connectivity index (χ2n) is 4.43. The molecule has 0 atom stereocenters. The van der Waals surface area contributed by atoms with Crippen molar-refractivity contribution >= 4 is 15.9 Å². The van der Waals surface area contributed by atoms with E-state index in [-0.39, 0.29) is 0 Å². The number of imidazole rings is 1. The molecule has 0 amide bonds. The Labute approximate surface area is 116 Å². The van der Waals surface area contributed by atoms with Crippen LogP contribution in [0.3, 0.4) is 0 Å². The summed E-state index contributed by atoms with van der Waals surface area (Å²) < 4.78 is 3.27. The van der Waals surface area contributed by atoms with E-state index in [0.29, 0.717) is 6.54 Å². The van der Waals surface area contributed by atoms with Gasteiger partial charge in [0.1, 0.15) is 5.82 Å². The Balaban J connectivity index is 2.30. The van der Waals surface area contributed by atoms with Gasteiger partial charge in [0.15, 0.2) is 0 Å². The van der Waals surface area contributed by atoms with Crippen molar-refractivity contribution in [1.29, 1.82) is 0 Å². The molecule has 18 heavy (non-hydrogen) atoms. The van der Waals surface area contributed by atoms with Crippen LogP contribution in [0.4, 0.5) is 0 Å². The first-order valence-electron chi connectivity index (χ1n) is 6.08. The number of benzene rings is 1. The molecule has 0 aliphatic rings. The molecule has 0 spiro atoms. The number of rotatable bonds is 4. The third-order valence-corrected chi connectivity index (χ3v) is 4.03. The zero-order chi connectivity index (χ0) is 13.1. The van der Waals surface area contributed by atoms with Gasteiger partial charge in [-0.2, -0.15) is 0 Å². The maximum Gasteiger partial charge on any atom is 0.110 e. The van der Waals surface area contributed by atoms with Crippen LogP contribution in [-0.2, 0) is 19.9 Å². The molecule has 0 unspecified atom stereocenters. The summed E-state index contributed by atoms with van der Waals surface area (Å²) in [5.74, 6) is 1.07. The highest BCUT2D eigenvalue weighted by molar-refractivity contribution is 9.10. The maximum absolute atomic E-state index is 5.60. The zero-order valence-electron chi connectivity index (χ0n) is 10.8. The standard InChI is InChI=1S/C14H18BrN3/c1-10-13(17-14(7-8-16)18(10)2)9-11-5-3-4-6-12(11)15/h3-6H,7-9,16H2,1-2H3. The van der Waals surface area contributed by atoms with E-state index in [2.05, 4.69) is 52.7 Å². The van der Waals surface area contributed by atoms with Gasteiger partial charge in [-0.3, -0.25) is 0 Å². The molecule has 1 aromatic carbocycles. The number of nitrogens with zero attached hydrogens (tertiary/aromatic N) is 2. The smallest absolute Gasteiger partial charge is 0.110 e. The highest BCUT2D eigenvalue weighted by atomic mass is 79.9. The van der Waals surface area contributed by atoms with Crippen molar-refractivity contribution in [2.45, 2.75) is 19.8 Å². The van der Waals surface area contributed by atoms with E-state index >= 15 is 0 Å². The molecule has 1 aromatic heterocycles. The summed E-state index contributed by atoms with van der Waals surface area (Å²) in [5, 5.41) is 0. The third kappa shape index (κ3) is 2.65. The predicted molar refractivity (Wildman–Crippen MR) is 77.7 cm³/mol. The van der Waals surface area contributed by atoms with E-state index in [1.165, 1.54) is 11.3 Å². The van der Waals surface area contributed by atoms with Crippen LogP contribution in [0.2, 0.25) is 0 Å². The van der Waals surface area contributed by atoms with Gasteiger partial charge < -0.3 is 10.3 Å². The molecule has 4 heteroatoms. The van der Waals surface area contributed by atoms with E-state index in [4.69, 9.17) is 10.7 Å². The molecule has 2 rings (SSSR count). The summed E-state index contributed by atoms with van der Waals surface area (Å²) in [6.07, 6.45) is 1.68. The Morgan fingerprint density at radius 3 is 2.72 bits per heavy atom. The van der Waals surface area contributed by atoms with Gasteiger partial charge in [0, 0.05) is 30.1 Å². The summed E-state index contributed by atoms with van der Waals surface area (Å²) in [5.41, 5.74) is 9.22. The van der Waals surface area contributed by atoms with Crippen LogP contribution in [0, 0.1) is 6.92 Å². The monoisotopic (exact) mass is 307 g/mol. The Bertz CT molecular complexity index is 546. The van der Waals surface area contributed by atoms with Gasteiger partial charge in [0.05, 0.1) is 5.69 Å². The molecule has 3 nitrogen and oxygen atoms in total. The number of nitrogens with two attached hydrogens (primary N) is 1. The average Bonchev–Trinajstić information content (AvgIpc) is 2.61. The molecule has 1 heterocycles. The summed E-state index contributed by atoms with van der Waals surface area (Å²) in [4.78, 5) is 4.70. The second kappa shape index (κ2) is 5.67. The predicted octanol–water partition coefficient (Wildman–Crippen LogP) is 2.58. The van der Waals surface area contributed by atoms with Crippen molar-refractivity contribution in [2.24, 2.45) is 12.8 Å². The first kappa shape index (κ1) is 13.3. The molecule has 96 valence electrons. The highest BCUT2D eigenvalue weighted by Crippen LogP contribution is 2.21. The van der Waals surface area contributed by atoms with Gasteiger partial charge in [-0.05, 0) is 25.1 Å². The molecule has 0 fully saturated rings. The molecule has 0 aliphatic carbocycles. The minimum absolute atomic E-state index is 0.638. The Kier molecular flexibility index (Phi) is 4.19. The van der Waals surface area contributed by atoms with Gasteiger partial charge >= 0.3 is 0 Å². The van der Waals surface area contributed by atoms with Crippen molar-refractivity contribution < 1.29 is 0 Å².